The van der Waals surface area contributed by atoms with E-state index in [0.29, 0.717) is 39.7 Å². The van der Waals surface area contributed by atoms with Crippen LogP contribution in [0.5, 0.6) is 17.2 Å². The lowest BCUT2D eigenvalue weighted by Gasteiger charge is -2.13. The third-order valence-electron chi connectivity index (χ3n) is 5.08. The number of aromatic nitrogens is 1. The van der Waals surface area contributed by atoms with Crippen LogP contribution in [0.25, 0.3) is 17.0 Å². The number of rotatable bonds is 7. The number of ether oxygens (including phenoxy) is 3. The molecule has 0 N–H and O–H groups in total. The molecule has 0 aliphatic carbocycles. The summed E-state index contributed by atoms with van der Waals surface area (Å²) in [7, 11) is 4.57. The summed E-state index contributed by atoms with van der Waals surface area (Å²) in [5.74, 6) is 1.70. The highest BCUT2D eigenvalue weighted by Crippen LogP contribution is 2.39. The van der Waals surface area contributed by atoms with Crippen molar-refractivity contribution in [2.24, 2.45) is 0 Å². The van der Waals surface area contributed by atoms with Gasteiger partial charge in [0.1, 0.15) is 5.76 Å². The van der Waals surface area contributed by atoms with Gasteiger partial charge in [0.2, 0.25) is 5.75 Å². The van der Waals surface area contributed by atoms with Crippen molar-refractivity contribution in [2.45, 2.75) is 6.92 Å². The van der Waals surface area contributed by atoms with Crippen LogP contribution < -0.4 is 14.2 Å². The van der Waals surface area contributed by atoms with Crippen LogP contribution in [-0.2, 0) is 0 Å². The minimum Gasteiger partial charge on any atom is -0.493 e. The summed E-state index contributed by atoms with van der Waals surface area (Å²) < 4.78 is 23.7. The van der Waals surface area contributed by atoms with Crippen LogP contribution in [0.2, 0.25) is 0 Å². The first kappa shape index (κ1) is 20.3. The van der Waals surface area contributed by atoms with Crippen LogP contribution in [0, 0.1) is 6.92 Å². The third kappa shape index (κ3) is 3.80. The number of hydrogen-bond acceptors (Lipinski definition) is 5. The van der Waals surface area contributed by atoms with E-state index < -0.39 is 0 Å². The molecule has 0 atom stereocenters. The van der Waals surface area contributed by atoms with Crippen molar-refractivity contribution in [1.82, 2.24) is 4.57 Å². The summed E-state index contributed by atoms with van der Waals surface area (Å²) in [6.45, 7) is 2.03. The second-order valence-corrected chi connectivity index (χ2v) is 7.05. The fraction of sp³-hybridized carbons (Fsp3) is 0.160. The van der Waals surface area contributed by atoms with Crippen molar-refractivity contribution < 1.29 is 23.4 Å². The first-order valence-electron chi connectivity index (χ1n) is 9.73. The number of hydrogen-bond donors (Lipinski definition) is 0. The number of furan rings is 1. The number of ketones is 1. The molecule has 0 spiro atoms. The van der Waals surface area contributed by atoms with E-state index in [9.17, 15) is 4.79 Å². The van der Waals surface area contributed by atoms with Crippen molar-refractivity contribution in [3.05, 3.63) is 83.9 Å². The molecular weight excluding hydrogens is 394 g/mol. The molecule has 0 fully saturated rings. The average molecular weight is 417 g/mol. The second-order valence-electron chi connectivity index (χ2n) is 7.05. The standard InChI is InChI=1S/C25H23NO5/c1-16-7-5-8-18(11-16)26-14-19(21-9-6-10-31-21)20(15-26)24(27)17-12-22(28-2)25(30-4)23(13-17)29-3/h5-15H,1-4H3. The average Bonchev–Trinajstić information content (AvgIpc) is 3.47. The van der Waals surface area contributed by atoms with E-state index in [4.69, 9.17) is 18.6 Å². The maximum absolute atomic E-state index is 13.6. The Hall–Kier alpha value is -3.93. The van der Waals surface area contributed by atoms with Crippen LogP contribution in [0.3, 0.4) is 0 Å². The lowest BCUT2D eigenvalue weighted by Crippen LogP contribution is -2.04. The van der Waals surface area contributed by atoms with Gasteiger partial charge < -0.3 is 23.2 Å². The summed E-state index contributed by atoms with van der Waals surface area (Å²) >= 11 is 0. The molecule has 4 rings (SSSR count). The zero-order chi connectivity index (χ0) is 22.0. The Labute approximate surface area is 180 Å². The van der Waals surface area contributed by atoms with E-state index in [1.165, 1.54) is 21.3 Å². The van der Waals surface area contributed by atoms with E-state index in [0.717, 1.165) is 11.3 Å². The lowest BCUT2D eigenvalue weighted by atomic mass is 10.0. The number of benzene rings is 2. The van der Waals surface area contributed by atoms with Crippen molar-refractivity contribution in [2.75, 3.05) is 21.3 Å². The smallest absolute Gasteiger partial charge is 0.203 e. The summed E-state index contributed by atoms with van der Waals surface area (Å²) in [5, 5.41) is 0. The van der Waals surface area contributed by atoms with Crippen LogP contribution in [-0.4, -0.2) is 31.7 Å². The first-order valence-corrected chi connectivity index (χ1v) is 9.73. The van der Waals surface area contributed by atoms with Gasteiger partial charge in [0.15, 0.2) is 17.3 Å². The van der Waals surface area contributed by atoms with Gasteiger partial charge in [0, 0.05) is 29.2 Å². The zero-order valence-electron chi connectivity index (χ0n) is 17.8. The Morgan fingerprint density at radius 3 is 2.23 bits per heavy atom. The molecule has 6 heteroatoms. The molecule has 0 saturated heterocycles. The van der Waals surface area contributed by atoms with Crippen molar-refractivity contribution in [3.8, 4) is 34.3 Å². The quantitative estimate of drug-likeness (QED) is 0.382. The van der Waals surface area contributed by atoms with Gasteiger partial charge in [-0.25, -0.2) is 0 Å². The highest BCUT2D eigenvalue weighted by Gasteiger charge is 2.23. The molecule has 6 nitrogen and oxygen atoms in total. The van der Waals surface area contributed by atoms with E-state index in [-0.39, 0.29) is 5.78 Å². The SMILES string of the molecule is COc1cc(C(=O)c2cn(-c3cccc(C)c3)cc2-c2ccco2)cc(OC)c1OC. The minimum absolute atomic E-state index is 0.183. The van der Waals surface area contributed by atoms with E-state index in [1.54, 1.807) is 24.5 Å². The maximum Gasteiger partial charge on any atom is 0.203 e. The van der Waals surface area contributed by atoms with Gasteiger partial charge in [0.05, 0.1) is 33.2 Å². The first-order chi connectivity index (χ1) is 15.0. The number of aryl methyl sites for hydroxylation is 1. The normalized spacial score (nSPS) is 10.7. The maximum atomic E-state index is 13.6. The summed E-state index contributed by atoms with van der Waals surface area (Å²) in [6.07, 6.45) is 5.31. The molecule has 0 amide bonds. The Kier molecular flexibility index (Phi) is 5.54. The van der Waals surface area contributed by atoms with Crippen molar-refractivity contribution >= 4 is 5.78 Å². The van der Waals surface area contributed by atoms with Crippen LogP contribution in [0.15, 0.2) is 71.6 Å². The highest BCUT2D eigenvalue weighted by atomic mass is 16.5. The van der Waals surface area contributed by atoms with Crippen molar-refractivity contribution in [3.63, 3.8) is 0 Å². The largest absolute Gasteiger partial charge is 0.493 e. The second kappa shape index (κ2) is 8.44. The molecule has 0 unspecified atom stereocenters. The minimum atomic E-state index is -0.183. The monoisotopic (exact) mass is 417 g/mol. The molecule has 4 aromatic rings. The summed E-state index contributed by atoms with van der Waals surface area (Å²) in [4.78, 5) is 13.6. The van der Waals surface area contributed by atoms with Gasteiger partial charge in [0.25, 0.3) is 0 Å². The van der Waals surface area contributed by atoms with Gasteiger partial charge in [-0.15, -0.1) is 0 Å². The molecule has 2 aromatic carbocycles. The van der Waals surface area contributed by atoms with Gasteiger partial charge >= 0.3 is 0 Å². The van der Waals surface area contributed by atoms with Gasteiger partial charge in [-0.3, -0.25) is 4.79 Å². The molecule has 2 heterocycles. The molecule has 0 radical (unpaired) electrons. The molecular formula is C25H23NO5. The summed E-state index contributed by atoms with van der Waals surface area (Å²) in [5.41, 5.74) is 3.71. The Balaban J connectivity index is 1.86. The molecule has 0 bridgehead atoms. The lowest BCUT2D eigenvalue weighted by molar-refractivity contribution is 0.103. The third-order valence-corrected chi connectivity index (χ3v) is 5.08. The van der Waals surface area contributed by atoms with Gasteiger partial charge in [-0.05, 0) is 48.9 Å². The number of carbonyl (C=O) groups excluding carboxylic acids is 1. The van der Waals surface area contributed by atoms with E-state index in [2.05, 4.69) is 6.07 Å². The predicted octanol–water partition coefficient (Wildman–Crippen LogP) is 5.30. The molecule has 31 heavy (non-hydrogen) atoms. The molecule has 0 saturated carbocycles. The molecule has 158 valence electrons. The van der Waals surface area contributed by atoms with Crippen LogP contribution in [0.4, 0.5) is 0 Å². The highest BCUT2D eigenvalue weighted by molar-refractivity contribution is 6.13. The van der Waals surface area contributed by atoms with Crippen molar-refractivity contribution in [1.29, 1.82) is 0 Å². The topological polar surface area (TPSA) is 62.8 Å². The van der Waals surface area contributed by atoms with Gasteiger partial charge in [-0.2, -0.15) is 0 Å². The molecule has 2 aromatic heterocycles. The Bertz CT molecular complexity index is 1200. The Morgan fingerprint density at radius 2 is 1.65 bits per heavy atom. The van der Waals surface area contributed by atoms with E-state index in [1.807, 2.05) is 48.1 Å². The summed E-state index contributed by atoms with van der Waals surface area (Å²) in [6, 6.07) is 15.0. The van der Waals surface area contributed by atoms with E-state index >= 15 is 0 Å². The van der Waals surface area contributed by atoms with Crippen LogP contribution >= 0.6 is 0 Å². The fourth-order valence-corrected chi connectivity index (χ4v) is 3.57. The Morgan fingerprint density at radius 1 is 0.903 bits per heavy atom. The fourth-order valence-electron chi connectivity index (χ4n) is 3.57. The van der Waals surface area contributed by atoms with Crippen LogP contribution in [0.1, 0.15) is 21.5 Å². The zero-order valence-corrected chi connectivity index (χ0v) is 17.8. The molecule has 0 aliphatic rings. The molecule has 0 aliphatic heterocycles. The predicted molar refractivity (Wildman–Crippen MR) is 118 cm³/mol. The number of carbonyl (C=O) groups is 1. The van der Waals surface area contributed by atoms with Gasteiger partial charge in [-0.1, -0.05) is 12.1 Å². The number of methoxy groups -OCH3 is 3. The number of nitrogens with zero attached hydrogens (tertiary/aromatic N) is 1.